The second-order valence-electron chi connectivity index (χ2n) is 5.37. The van der Waals surface area contributed by atoms with Crippen LogP contribution in [0, 0.1) is 13.8 Å². The molecule has 0 aliphatic carbocycles. The van der Waals surface area contributed by atoms with Crippen LogP contribution in [0.4, 0.5) is 0 Å². The van der Waals surface area contributed by atoms with E-state index in [1.165, 1.54) is 0 Å². The van der Waals surface area contributed by atoms with Crippen LogP contribution in [0.2, 0.25) is 0 Å². The van der Waals surface area contributed by atoms with Gasteiger partial charge in [0.05, 0.1) is 19.4 Å². The number of aryl methyl sites for hydroxylation is 3. The summed E-state index contributed by atoms with van der Waals surface area (Å²) in [6.07, 6.45) is 6.71. The summed E-state index contributed by atoms with van der Waals surface area (Å²) < 4.78 is 7.68. The molecule has 0 bridgehead atoms. The molecule has 0 radical (unpaired) electrons. The van der Waals surface area contributed by atoms with Crippen LogP contribution in [0.5, 0.6) is 5.75 Å². The molecule has 0 saturated carbocycles. The molecule has 0 saturated heterocycles. The molecule has 2 rings (SSSR count). The quantitative estimate of drug-likeness (QED) is 0.762. The molecule has 0 unspecified atom stereocenters. The fourth-order valence-electron chi connectivity index (χ4n) is 2.11. The molecule has 0 aliphatic rings. The highest BCUT2D eigenvalue weighted by atomic mass is 16.5. The monoisotopic (exact) mass is 301 g/mol. The van der Waals surface area contributed by atoms with Gasteiger partial charge in [0, 0.05) is 25.5 Å². The van der Waals surface area contributed by atoms with E-state index in [0.29, 0.717) is 19.6 Å². The average molecular weight is 301 g/mol. The van der Waals surface area contributed by atoms with Gasteiger partial charge in [-0.1, -0.05) is 12.1 Å². The lowest BCUT2D eigenvalue weighted by molar-refractivity contribution is -0.121. The lowest BCUT2D eigenvalue weighted by Gasteiger charge is -2.10. The van der Waals surface area contributed by atoms with Crippen molar-refractivity contribution in [2.75, 3.05) is 13.2 Å². The average Bonchev–Trinajstić information content (AvgIpc) is 3.00. The van der Waals surface area contributed by atoms with Crippen molar-refractivity contribution in [2.45, 2.75) is 33.2 Å². The van der Waals surface area contributed by atoms with Gasteiger partial charge < -0.3 is 14.6 Å². The molecule has 5 heteroatoms. The molecule has 0 spiro atoms. The van der Waals surface area contributed by atoms with Crippen LogP contribution in [0.1, 0.15) is 24.0 Å². The number of hydrogen-bond donors (Lipinski definition) is 1. The minimum Gasteiger partial charge on any atom is -0.493 e. The normalized spacial score (nSPS) is 10.5. The first-order chi connectivity index (χ1) is 10.6. The molecule has 0 fully saturated rings. The molecule has 0 atom stereocenters. The van der Waals surface area contributed by atoms with Crippen molar-refractivity contribution in [1.82, 2.24) is 14.9 Å². The number of hydrogen-bond acceptors (Lipinski definition) is 3. The Hall–Kier alpha value is -2.30. The van der Waals surface area contributed by atoms with Crippen molar-refractivity contribution in [1.29, 1.82) is 0 Å². The van der Waals surface area contributed by atoms with E-state index in [1.807, 2.05) is 36.7 Å². The second kappa shape index (κ2) is 8.22. The number of amides is 1. The summed E-state index contributed by atoms with van der Waals surface area (Å²) in [5.41, 5.74) is 2.25. The molecular formula is C17H23N3O2. The van der Waals surface area contributed by atoms with Crippen LogP contribution in [0.25, 0.3) is 0 Å². The van der Waals surface area contributed by atoms with E-state index in [2.05, 4.69) is 16.4 Å². The Labute approximate surface area is 131 Å². The molecule has 0 aliphatic heterocycles. The van der Waals surface area contributed by atoms with Crippen LogP contribution in [0.15, 0.2) is 36.9 Å². The van der Waals surface area contributed by atoms with E-state index in [4.69, 9.17) is 4.74 Å². The minimum atomic E-state index is 0.0240. The second-order valence-corrected chi connectivity index (χ2v) is 5.37. The highest BCUT2D eigenvalue weighted by Crippen LogP contribution is 2.19. The SMILES string of the molecule is Cc1ccc(C)c(OCCC(=O)NCCCn2ccnc2)c1. The third-order valence-corrected chi connectivity index (χ3v) is 3.40. The van der Waals surface area contributed by atoms with Gasteiger partial charge in [-0.2, -0.15) is 0 Å². The zero-order valence-corrected chi connectivity index (χ0v) is 13.2. The van der Waals surface area contributed by atoms with Crippen LogP contribution >= 0.6 is 0 Å². The third kappa shape index (κ3) is 5.24. The zero-order valence-electron chi connectivity index (χ0n) is 13.2. The molecule has 1 heterocycles. The van der Waals surface area contributed by atoms with E-state index in [-0.39, 0.29) is 5.91 Å². The summed E-state index contributed by atoms with van der Waals surface area (Å²) in [6, 6.07) is 6.08. The first-order valence-electron chi connectivity index (χ1n) is 7.57. The Morgan fingerprint density at radius 1 is 1.36 bits per heavy atom. The van der Waals surface area contributed by atoms with Gasteiger partial charge in [0.25, 0.3) is 0 Å². The molecule has 22 heavy (non-hydrogen) atoms. The Balaban J connectivity index is 1.60. The highest BCUT2D eigenvalue weighted by molar-refractivity contribution is 5.75. The molecule has 1 aromatic carbocycles. The Morgan fingerprint density at radius 2 is 2.23 bits per heavy atom. The largest absolute Gasteiger partial charge is 0.493 e. The Morgan fingerprint density at radius 3 is 3.00 bits per heavy atom. The lowest BCUT2D eigenvalue weighted by atomic mass is 10.1. The zero-order chi connectivity index (χ0) is 15.8. The number of rotatable bonds is 8. The van der Waals surface area contributed by atoms with Crippen molar-refractivity contribution in [3.05, 3.63) is 48.0 Å². The lowest BCUT2D eigenvalue weighted by Crippen LogP contribution is -2.26. The van der Waals surface area contributed by atoms with Crippen molar-refractivity contribution in [3.8, 4) is 5.75 Å². The van der Waals surface area contributed by atoms with E-state index in [9.17, 15) is 4.79 Å². The summed E-state index contributed by atoms with van der Waals surface area (Å²) in [6.45, 7) is 5.96. The van der Waals surface area contributed by atoms with Gasteiger partial charge in [-0.3, -0.25) is 4.79 Å². The summed E-state index contributed by atoms with van der Waals surface area (Å²) in [4.78, 5) is 15.7. The third-order valence-electron chi connectivity index (χ3n) is 3.40. The predicted octanol–water partition coefficient (Wildman–Crippen LogP) is 2.48. The van der Waals surface area contributed by atoms with Crippen molar-refractivity contribution in [3.63, 3.8) is 0 Å². The molecule has 1 N–H and O–H groups in total. The predicted molar refractivity (Wildman–Crippen MR) is 85.9 cm³/mol. The molecule has 118 valence electrons. The number of ether oxygens (including phenoxy) is 1. The van der Waals surface area contributed by atoms with Crippen molar-refractivity contribution < 1.29 is 9.53 Å². The van der Waals surface area contributed by atoms with Gasteiger partial charge >= 0.3 is 0 Å². The molecule has 5 nitrogen and oxygen atoms in total. The molecule has 1 aromatic heterocycles. The number of imidazole rings is 1. The Bertz CT molecular complexity index is 594. The van der Waals surface area contributed by atoms with Crippen molar-refractivity contribution >= 4 is 5.91 Å². The number of benzene rings is 1. The number of aromatic nitrogens is 2. The first kappa shape index (κ1) is 16.1. The highest BCUT2D eigenvalue weighted by Gasteiger charge is 2.03. The van der Waals surface area contributed by atoms with Gasteiger partial charge in [-0.25, -0.2) is 4.98 Å². The molecule has 1 amide bonds. The summed E-state index contributed by atoms with van der Waals surface area (Å²) in [7, 11) is 0. The van der Waals surface area contributed by atoms with E-state index < -0.39 is 0 Å². The fourth-order valence-corrected chi connectivity index (χ4v) is 2.11. The van der Waals surface area contributed by atoms with E-state index >= 15 is 0 Å². The van der Waals surface area contributed by atoms with Gasteiger partial charge in [-0.05, 0) is 37.5 Å². The van der Waals surface area contributed by atoms with Crippen LogP contribution in [-0.2, 0) is 11.3 Å². The molecule has 2 aromatic rings. The van der Waals surface area contributed by atoms with Crippen LogP contribution in [0.3, 0.4) is 0 Å². The van der Waals surface area contributed by atoms with Crippen LogP contribution < -0.4 is 10.1 Å². The number of carbonyl (C=O) groups excluding carboxylic acids is 1. The smallest absolute Gasteiger partial charge is 0.223 e. The fraction of sp³-hybridized carbons (Fsp3) is 0.412. The summed E-state index contributed by atoms with van der Waals surface area (Å²) in [5, 5.41) is 2.90. The van der Waals surface area contributed by atoms with Gasteiger partial charge in [-0.15, -0.1) is 0 Å². The van der Waals surface area contributed by atoms with E-state index in [1.54, 1.807) is 12.5 Å². The van der Waals surface area contributed by atoms with Gasteiger partial charge in [0.15, 0.2) is 0 Å². The maximum absolute atomic E-state index is 11.7. The minimum absolute atomic E-state index is 0.0240. The van der Waals surface area contributed by atoms with Gasteiger partial charge in [0.2, 0.25) is 5.91 Å². The first-order valence-corrected chi connectivity index (χ1v) is 7.57. The Kier molecular flexibility index (Phi) is 6.01. The number of nitrogens with zero attached hydrogens (tertiary/aromatic N) is 2. The van der Waals surface area contributed by atoms with Crippen LogP contribution in [-0.4, -0.2) is 28.6 Å². The van der Waals surface area contributed by atoms with Gasteiger partial charge in [0.1, 0.15) is 5.75 Å². The number of carbonyl (C=O) groups is 1. The number of nitrogens with one attached hydrogen (secondary N) is 1. The molecular weight excluding hydrogens is 278 g/mol. The maximum atomic E-state index is 11.7. The van der Waals surface area contributed by atoms with Crippen molar-refractivity contribution in [2.24, 2.45) is 0 Å². The summed E-state index contributed by atoms with van der Waals surface area (Å²) in [5.74, 6) is 0.879. The van der Waals surface area contributed by atoms with E-state index in [0.717, 1.165) is 29.8 Å². The summed E-state index contributed by atoms with van der Waals surface area (Å²) >= 11 is 0. The topological polar surface area (TPSA) is 56.1 Å². The standard InChI is InChI=1S/C17H23N3O2/c1-14-4-5-15(2)16(12-14)22-11-6-17(21)19-7-3-9-20-10-8-18-13-20/h4-5,8,10,12-13H,3,6-7,9,11H2,1-2H3,(H,19,21). The maximum Gasteiger partial charge on any atom is 0.223 e.